The zero-order valence-electron chi connectivity index (χ0n) is 14.9. The van der Waals surface area contributed by atoms with Crippen molar-refractivity contribution in [2.75, 3.05) is 7.11 Å². The molecule has 0 aliphatic heterocycles. The van der Waals surface area contributed by atoms with Gasteiger partial charge in [-0.15, -0.1) is 12.6 Å². The van der Waals surface area contributed by atoms with Gasteiger partial charge in [-0.2, -0.15) is 5.26 Å². The first-order chi connectivity index (χ1) is 12.4. The number of hydrogen-bond acceptors (Lipinski definition) is 6. The van der Waals surface area contributed by atoms with Crippen LogP contribution in [0.5, 0.6) is 0 Å². The van der Waals surface area contributed by atoms with Gasteiger partial charge in [0.2, 0.25) is 5.91 Å². The number of amides is 1. The molecule has 1 aliphatic carbocycles. The van der Waals surface area contributed by atoms with E-state index in [1.807, 2.05) is 30.3 Å². The van der Waals surface area contributed by atoms with Gasteiger partial charge in [0.25, 0.3) is 0 Å². The van der Waals surface area contributed by atoms with Crippen molar-refractivity contribution in [2.24, 2.45) is 10.4 Å². The smallest absolute Gasteiger partial charge is 0.328 e. The summed E-state index contributed by atoms with van der Waals surface area (Å²) in [7, 11) is 1.26. The number of nitrogens with one attached hydrogen (secondary N) is 1. The summed E-state index contributed by atoms with van der Waals surface area (Å²) in [6, 6.07) is 11.1. The fourth-order valence-corrected chi connectivity index (χ4v) is 3.60. The molecule has 138 valence electrons. The van der Waals surface area contributed by atoms with E-state index in [0.717, 1.165) is 17.7 Å². The Labute approximate surface area is 159 Å². The molecule has 1 saturated carbocycles. The Kier molecular flexibility index (Phi) is 6.81. The molecule has 26 heavy (non-hydrogen) atoms. The summed E-state index contributed by atoms with van der Waals surface area (Å²) in [5.74, 6) is -0.909. The summed E-state index contributed by atoms with van der Waals surface area (Å²) in [4.78, 5) is 28.2. The summed E-state index contributed by atoms with van der Waals surface area (Å²) >= 11 is 4.56. The SMILES string of the molecule is COC(=O)C(CC1(C#N)CCCC1=NC(S)c1ccccc1)NC(C)=O. The number of esters is 1. The second-order valence-electron chi connectivity index (χ2n) is 6.39. The van der Waals surface area contributed by atoms with Gasteiger partial charge >= 0.3 is 5.97 Å². The summed E-state index contributed by atoms with van der Waals surface area (Å²) in [6.07, 6.45) is 2.20. The zero-order valence-corrected chi connectivity index (χ0v) is 15.8. The number of aliphatic imine (C=N–C) groups is 1. The van der Waals surface area contributed by atoms with Gasteiger partial charge in [0.05, 0.1) is 18.6 Å². The second kappa shape index (κ2) is 8.86. The van der Waals surface area contributed by atoms with Crippen molar-refractivity contribution < 1.29 is 14.3 Å². The lowest BCUT2D eigenvalue weighted by Gasteiger charge is -2.27. The van der Waals surface area contributed by atoms with Crippen LogP contribution in [0.2, 0.25) is 0 Å². The van der Waals surface area contributed by atoms with E-state index in [1.165, 1.54) is 14.0 Å². The molecule has 1 aliphatic rings. The molecule has 0 saturated heterocycles. The van der Waals surface area contributed by atoms with E-state index < -0.39 is 17.4 Å². The van der Waals surface area contributed by atoms with Crippen molar-refractivity contribution in [3.05, 3.63) is 35.9 Å². The third kappa shape index (κ3) is 4.64. The van der Waals surface area contributed by atoms with Gasteiger partial charge in [0.15, 0.2) is 0 Å². The maximum Gasteiger partial charge on any atom is 0.328 e. The van der Waals surface area contributed by atoms with Crippen LogP contribution in [0.25, 0.3) is 0 Å². The quantitative estimate of drug-likeness (QED) is 0.592. The highest BCUT2D eigenvalue weighted by atomic mass is 32.1. The number of carbonyl (C=O) groups excluding carboxylic acids is 2. The second-order valence-corrected chi connectivity index (χ2v) is 6.88. The minimum absolute atomic E-state index is 0.143. The number of benzene rings is 1. The van der Waals surface area contributed by atoms with Crippen molar-refractivity contribution in [2.45, 2.75) is 44.0 Å². The van der Waals surface area contributed by atoms with Crippen molar-refractivity contribution in [1.82, 2.24) is 5.32 Å². The van der Waals surface area contributed by atoms with Gasteiger partial charge in [-0.25, -0.2) is 4.79 Å². The zero-order chi connectivity index (χ0) is 19.2. The van der Waals surface area contributed by atoms with Crippen LogP contribution < -0.4 is 5.32 Å². The highest BCUT2D eigenvalue weighted by Gasteiger charge is 2.44. The van der Waals surface area contributed by atoms with E-state index >= 15 is 0 Å². The molecule has 1 aromatic rings. The molecule has 6 nitrogen and oxygen atoms in total. The molecule has 1 fully saturated rings. The molecule has 0 aromatic heterocycles. The minimum atomic E-state index is -0.906. The Morgan fingerprint density at radius 1 is 1.42 bits per heavy atom. The van der Waals surface area contributed by atoms with E-state index in [1.54, 1.807) is 0 Å². The summed E-state index contributed by atoms with van der Waals surface area (Å²) in [5, 5.41) is 12.1. The van der Waals surface area contributed by atoms with Crippen LogP contribution in [-0.4, -0.2) is 30.7 Å². The largest absolute Gasteiger partial charge is 0.467 e. The van der Waals surface area contributed by atoms with E-state index in [4.69, 9.17) is 4.74 Å². The molecule has 1 aromatic carbocycles. The third-order valence-electron chi connectivity index (χ3n) is 4.58. The fourth-order valence-electron chi connectivity index (χ4n) is 3.29. The fraction of sp³-hybridized carbons (Fsp3) is 0.474. The normalized spacial score (nSPS) is 23.1. The molecule has 0 radical (unpaired) electrons. The number of thiol groups is 1. The van der Waals surface area contributed by atoms with Crippen LogP contribution in [0.3, 0.4) is 0 Å². The predicted octanol–water partition coefficient (Wildman–Crippen LogP) is 2.82. The Hall–Kier alpha value is -2.33. The average molecular weight is 373 g/mol. The first-order valence-corrected chi connectivity index (χ1v) is 9.00. The van der Waals surface area contributed by atoms with Gasteiger partial charge in [-0.3, -0.25) is 9.79 Å². The van der Waals surface area contributed by atoms with E-state index in [2.05, 4.69) is 29.0 Å². The van der Waals surface area contributed by atoms with Crippen LogP contribution in [0, 0.1) is 16.7 Å². The van der Waals surface area contributed by atoms with Crippen LogP contribution >= 0.6 is 12.6 Å². The summed E-state index contributed by atoms with van der Waals surface area (Å²) < 4.78 is 4.78. The first-order valence-electron chi connectivity index (χ1n) is 8.48. The van der Waals surface area contributed by atoms with Gasteiger partial charge in [-0.05, 0) is 24.8 Å². The number of methoxy groups -OCH3 is 1. The van der Waals surface area contributed by atoms with Crippen LogP contribution in [0.15, 0.2) is 35.3 Å². The van der Waals surface area contributed by atoms with E-state index in [-0.39, 0.29) is 17.7 Å². The van der Waals surface area contributed by atoms with Crippen molar-refractivity contribution in [3.8, 4) is 6.07 Å². The molecule has 0 spiro atoms. The number of hydrogen-bond donors (Lipinski definition) is 2. The molecule has 2 rings (SSSR count). The monoisotopic (exact) mass is 373 g/mol. The van der Waals surface area contributed by atoms with Gasteiger partial charge in [0.1, 0.15) is 11.4 Å². The summed E-state index contributed by atoms with van der Waals surface area (Å²) in [6.45, 7) is 1.33. The van der Waals surface area contributed by atoms with E-state index in [9.17, 15) is 14.9 Å². The molecule has 1 amide bonds. The standard InChI is InChI=1S/C19H23N3O3S/c1-13(23)21-15(18(24)25-2)11-19(12-20)10-6-9-16(19)22-17(26)14-7-4-3-5-8-14/h3-5,7-8,15,17,26H,6,9-11H2,1-2H3,(H,21,23). The van der Waals surface area contributed by atoms with Crippen LogP contribution in [0.4, 0.5) is 0 Å². The number of nitriles is 1. The Morgan fingerprint density at radius 2 is 2.12 bits per heavy atom. The highest BCUT2D eigenvalue weighted by Crippen LogP contribution is 2.41. The maximum atomic E-state index is 12.0. The minimum Gasteiger partial charge on any atom is -0.467 e. The average Bonchev–Trinajstić information content (AvgIpc) is 3.03. The lowest BCUT2D eigenvalue weighted by atomic mass is 9.79. The highest BCUT2D eigenvalue weighted by molar-refractivity contribution is 7.80. The Morgan fingerprint density at radius 3 is 2.69 bits per heavy atom. The Balaban J connectivity index is 2.29. The van der Waals surface area contributed by atoms with Gasteiger partial charge < -0.3 is 10.1 Å². The number of nitrogens with zero attached hydrogens (tertiary/aromatic N) is 2. The maximum absolute atomic E-state index is 12.0. The predicted molar refractivity (Wildman–Crippen MR) is 102 cm³/mol. The lowest BCUT2D eigenvalue weighted by Crippen LogP contribution is -2.45. The molecule has 0 bridgehead atoms. The first kappa shape index (κ1) is 20.0. The molecule has 3 atom stereocenters. The van der Waals surface area contributed by atoms with Crippen LogP contribution in [0.1, 0.15) is 43.5 Å². The molecule has 3 unspecified atom stereocenters. The number of carbonyl (C=O) groups is 2. The number of ether oxygens (including phenoxy) is 1. The third-order valence-corrected chi connectivity index (χ3v) is 4.99. The molecular formula is C19H23N3O3S. The van der Waals surface area contributed by atoms with Crippen LogP contribution in [-0.2, 0) is 14.3 Å². The van der Waals surface area contributed by atoms with Gasteiger partial charge in [0, 0.05) is 19.1 Å². The topological polar surface area (TPSA) is 91.6 Å². The van der Waals surface area contributed by atoms with Crippen molar-refractivity contribution >= 4 is 30.2 Å². The lowest BCUT2D eigenvalue weighted by molar-refractivity contribution is -0.145. The van der Waals surface area contributed by atoms with Crippen molar-refractivity contribution in [1.29, 1.82) is 5.26 Å². The molecule has 1 N–H and O–H groups in total. The van der Waals surface area contributed by atoms with Crippen molar-refractivity contribution in [3.63, 3.8) is 0 Å². The molecule has 7 heteroatoms. The summed E-state index contributed by atoms with van der Waals surface area (Å²) in [5.41, 5.74) is 0.758. The molecule has 0 heterocycles. The Bertz CT molecular complexity index is 729. The van der Waals surface area contributed by atoms with E-state index in [0.29, 0.717) is 12.8 Å². The van der Waals surface area contributed by atoms with Gasteiger partial charge in [-0.1, -0.05) is 30.3 Å². The number of rotatable bonds is 6. The molecular weight excluding hydrogens is 350 g/mol.